The third kappa shape index (κ3) is 4.27. The van der Waals surface area contributed by atoms with E-state index in [9.17, 15) is 9.59 Å². The van der Waals surface area contributed by atoms with Gasteiger partial charge in [0.1, 0.15) is 5.01 Å². The molecule has 0 spiro atoms. The summed E-state index contributed by atoms with van der Waals surface area (Å²) in [5, 5.41) is 7.65. The number of fused-ring (bicyclic) bond motifs is 1. The van der Waals surface area contributed by atoms with E-state index in [0.717, 1.165) is 23.5 Å². The van der Waals surface area contributed by atoms with E-state index >= 15 is 0 Å². The van der Waals surface area contributed by atoms with Crippen LogP contribution in [0, 0.1) is 0 Å². The summed E-state index contributed by atoms with van der Waals surface area (Å²) in [6, 6.07) is 12.7. The Morgan fingerprint density at radius 1 is 1.10 bits per heavy atom. The molecule has 1 amide bonds. The SMILES string of the molecule is O=C(c1cccs1)N1CCN(Cc2cc(=O)n3nc(-c4cccc(Cl)c4)sc3n2)CC1. The number of aromatic nitrogens is 3. The quantitative estimate of drug-likeness (QED) is 0.455. The van der Waals surface area contributed by atoms with Gasteiger partial charge in [-0.1, -0.05) is 41.1 Å². The van der Waals surface area contributed by atoms with Crippen LogP contribution in [-0.2, 0) is 6.54 Å². The van der Waals surface area contributed by atoms with Crippen molar-refractivity contribution in [2.24, 2.45) is 0 Å². The van der Waals surface area contributed by atoms with Gasteiger partial charge >= 0.3 is 0 Å². The van der Waals surface area contributed by atoms with Gasteiger partial charge in [-0.2, -0.15) is 9.61 Å². The molecule has 10 heteroatoms. The van der Waals surface area contributed by atoms with Gasteiger partial charge < -0.3 is 4.90 Å². The first-order valence-electron chi connectivity index (χ1n) is 9.78. The summed E-state index contributed by atoms with van der Waals surface area (Å²) in [6.45, 7) is 3.38. The van der Waals surface area contributed by atoms with Gasteiger partial charge in [-0.3, -0.25) is 14.5 Å². The van der Waals surface area contributed by atoms with Gasteiger partial charge in [0.15, 0.2) is 0 Å². The number of thiophene rings is 1. The van der Waals surface area contributed by atoms with E-state index in [1.165, 1.54) is 33.3 Å². The van der Waals surface area contributed by atoms with Crippen LogP contribution in [0.3, 0.4) is 0 Å². The Bertz CT molecular complexity index is 1290. The van der Waals surface area contributed by atoms with Crippen LogP contribution in [0.25, 0.3) is 15.5 Å². The molecule has 0 unspecified atom stereocenters. The summed E-state index contributed by atoms with van der Waals surface area (Å²) < 4.78 is 1.34. The van der Waals surface area contributed by atoms with E-state index in [1.807, 2.05) is 40.6 Å². The number of nitrogens with zero attached hydrogens (tertiary/aromatic N) is 5. The van der Waals surface area contributed by atoms with Gasteiger partial charge in [0.25, 0.3) is 11.5 Å². The first-order valence-corrected chi connectivity index (χ1v) is 11.8. The number of hydrogen-bond acceptors (Lipinski definition) is 7. The number of piperazine rings is 1. The maximum Gasteiger partial charge on any atom is 0.275 e. The number of hydrogen-bond donors (Lipinski definition) is 0. The van der Waals surface area contributed by atoms with E-state index in [-0.39, 0.29) is 11.5 Å². The van der Waals surface area contributed by atoms with Crippen molar-refractivity contribution in [1.82, 2.24) is 24.4 Å². The highest BCUT2D eigenvalue weighted by Gasteiger charge is 2.23. The number of amides is 1. The summed E-state index contributed by atoms with van der Waals surface area (Å²) in [4.78, 5) is 35.2. The van der Waals surface area contributed by atoms with Crippen LogP contribution in [0.1, 0.15) is 15.4 Å². The highest BCUT2D eigenvalue weighted by Crippen LogP contribution is 2.26. The van der Waals surface area contributed by atoms with E-state index in [0.29, 0.717) is 40.3 Å². The predicted molar refractivity (Wildman–Crippen MR) is 123 cm³/mol. The summed E-state index contributed by atoms with van der Waals surface area (Å²) in [5.74, 6) is 0.0886. The summed E-state index contributed by atoms with van der Waals surface area (Å²) in [6.07, 6.45) is 0. The molecule has 1 fully saturated rings. The monoisotopic (exact) mass is 471 g/mol. The Morgan fingerprint density at radius 3 is 2.68 bits per heavy atom. The number of rotatable bonds is 4. The van der Waals surface area contributed by atoms with Gasteiger partial charge in [0.05, 0.1) is 10.6 Å². The first-order chi connectivity index (χ1) is 15.1. The Labute approximate surface area is 191 Å². The van der Waals surface area contributed by atoms with Gasteiger partial charge in [0, 0.05) is 49.4 Å². The normalized spacial score (nSPS) is 14.9. The topological polar surface area (TPSA) is 70.8 Å². The van der Waals surface area contributed by atoms with Crippen molar-refractivity contribution in [3.63, 3.8) is 0 Å². The highest BCUT2D eigenvalue weighted by molar-refractivity contribution is 7.19. The lowest BCUT2D eigenvalue weighted by Gasteiger charge is -2.34. The first kappa shape index (κ1) is 20.3. The molecule has 1 saturated heterocycles. The molecule has 4 heterocycles. The lowest BCUT2D eigenvalue weighted by Crippen LogP contribution is -2.48. The molecule has 3 aromatic heterocycles. The molecule has 0 atom stereocenters. The summed E-state index contributed by atoms with van der Waals surface area (Å²) in [7, 11) is 0. The van der Waals surface area contributed by atoms with Crippen molar-refractivity contribution >= 4 is 45.1 Å². The molecule has 0 radical (unpaired) electrons. The summed E-state index contributed by atoms with van der Waals surface area (Å²) >= 11 is 8.91. The number of halogens is 1. The smallest absolute Gasteiger partial charge is 0.275 e. The number of carbonyl (C=O) groups is 1. The number of carbonyl (C=O) groups excluding carboxylic acids is 1. The van der Waals surface area contributed by atoms with Gasteiger partial charge in [-0.15, -0.1) is 11.3 Å². The molecular formula is C21H18ClN5O2S2. The zero-order valence-corrected chi connectivity index (χ0v) is 18.8. The average Bonchev–Trinajstić information content (AvgIpc) is 3.44. The minimum Gasteiger partial charge on any atom is -0.335 e. The van der Waals surface area contributed by atoms with E-state index in [1.54, 1.807) is 6.07 Å². The molecule has 0 bridgehead atoms. The summed E-state index contributed by atoms with van der Waals surface area (Å²) in [5.41, 5.74) is 1.37. The third-order valence-electron chi connectivity index (χ3n) is 5.15. The van der Waals surface area contributed by atoms with Crippen molar-refractivity contribution in [1.29, 1.82) is 0 Å². The maximum absolute atomic E-state index is 12.6. The molecular weight excluding hydrogens is 454 g/mol. The van der Waals surface area contributed by atoms with Gasteiger partial charge in [-0.25, -0.2) is 4.98 Å². The van der Waals surface area contributed by atoms with Crippen molar-refractivity contribution in [2.75, 3.05) is 26.2 Å². The second-order valence-corrected chi connectivity index (χ2v) is 9.58. The predicted octanol–water partition coefficient (Wildman–Crippen LogP) is 3.49. The van der Waals surface area contributed by atoms with Crippen LogP contribution in [0.2, 0.25) is 5.02 Å². The molecule has 0 saturated carbocycles. The molecule has 5 rings (SSSR count). The fraction of sp³-hybridized carbons (Fsp3) is 0.238. The van der Waals surface area contributed by atoms with E-state index in [2.05, 4.69) is 15.0 Å². The molecule has 7 nitrogen and oxygen atoms in total. The second-order valence-electron chi connectivity index (χ2n) is 7.24. The van der Waals surface area contributed by atoms with Crippen LogP contribution in [0.5, 0.6) is 0 Å². The molecule has 1 aromatic carbocycles. The largest absolute Gasteiger partial charge is 0.335 e. The van der Waals surface area contributed by atoms with Crippen molar-refractivity contribution in [3.8, 4) is 10.6 Å². The fourth-order valence-electron chi connectivity index (χ4n) is 3.57. The Kier molecular flexibility index (Phi) is 5.58. The molecule has 0 N–H and O–H groups in total. The Morgan fingerprint density at radius 2 is 1.94 bits per heavy atom. The highest BCUT2D eigenvalue weighted by atomic mass is 35.5. The zero-order valence-electron chi connectivity index (χ0n) is 16.4. The van der Waals surface area contributed by atoms with Crippen LogP contribution in [-0.4, -0.2) is 56.5 Å². The van der Waals surface area contributed by atoms with Gasteiger partial charge in [-0.05, 0) is 23.6 Å². The van der Waals surface area contributed by atoms with Crippen LogP contribution in [0.15, 0.2) is 52.6 Å². The molecule has 158 valence electrons. The average molecular weight is 472 g/mol. The van der Waals surface area contributed by atoms with Crippen molar-refractivity contribution in [2.45, 2.75) is 6.54 Å². The molecule has 31 heavy (non-hydrogen) atoms. The fourth-order valence-corrected chi connectivity index (χ4v) is 5.37. The third-order valence-corrected chi connectivity index (χ3v) is 7.20. The van der Waals surface area contributed by atoms with E-state index in [4.69, 9.17) is 11.6 Å². The van der Waals surface area contributed by atoms with Crippen molar-refractivity contribution < 1.29 is 4.79 Å². The van der Waals surface area contributed by atoms with Crippen LogP contribution < -0.4 is 5.56 Å². The Hall–Kier alpha value is -2.59. The van der Waals surface area contributed by atoms with Gasteiger partial charge in [0.2, 0.25) is 4.96 Å². The number of benzene rings is 1. The van der Waals surface area contributed by atoms with Crippen molar-refractivity contribution in [3.05, 3.63) is 73.8 Å². The second kappa shape index (κ2) is 8.51. The minimum absolute atomic E-state index is 0.0886. The maximum atomic E-state index is 12.6. The standard InChI is InChI=1S/C21H18ClN5O2S2/c22-15-4-1-3-14(11-15)19-24-27-18(28)12-16(23-21(27)31-19)13-25-6-8-26(9-7-25)20(29)17-5-2-10-30-17/h1-5,10-12H,6-9,13H2. The molecule has 4 aromatic rings. The van der Waals surface area contributed by atoms with E-state index < -0.39 is 0 Å². The molecule has 0 aliphatic carbocycles. The van der Waals surface area contributed by atoms with Crippen LogP contribution >= 0.6 is 34.3 Å². The lowest BCUT2D eigenvalue weighted by atomic mass is 10.2. The Balaban J connectivity index is 1.30. The molecule has 1 aliphatic rings. The zero-order chi connectivity index (χ0) is 21.4. The molecule has 1 aliphatic heterocycles. The minimum atomic E-state index is -0.198. The van der Waals surface area contributed by atoms with Crippen LogP contribution in [0.4, 0.5) is 0 Å². The lowest BCUT2D eigenvalue weighted by molar-refractivity contribution is 0.0632.